The fraction of sp³-hybridized carbons (Fsp3) is 0.296. The van der Waals surface area contributed by atoms with Crippen LogP contribution in [0.1, 0.15) is 24.5 Å². The molecule has 0 spiro atoms. The van der Waals surface area contributed by atoms with Crippen molar-refractivity contribution in [1.82, 2.24) is 5.32 Å². The van der Waals surface area contributed by atoms with E-state index in [1.165, 1.54) is 12.1 Å². The molecule has 0 aromatic heterocycles. The molecular formula is C27H31ClN2O4S2. The molecule has 9 heteroatoms. The topological polar surface area (TPSA) is 75.7 Å². The van der Waals surface area contributed by atoms with Gasteiger partial charge in [0.1, 0.15) is 12.3 Å². The van der Waals surface area contributed by atoms with Crippen molar-refractivity contribution in [3.05, 3.63) is 88.9 Å². The van der Waals surface area contributed by atoms with Gasteiger partial charge in [-0.2, -0.15) is 11.8 Å². The maximum atomic E-state index is 13.5. The summed E-state index contributed by atoms with van der Waals surface area (Å²) < 4.78 is 33.5. The summed E-state index contributed by atoms with van der Waals surface area (Å²) in [5, 5.41) is 3.60. The normalized spacial score (nSPS) is 11.2. The average Bonchev–Trinajstić information content (AvgIpc) is 2.87. The smallest absolute Gasteiger partial charge is 0.264 e. The zero-order valence-corrected chi connectivity index (χ0v) is 22.8. The predicted octanol–water partition coefficient (Wildman–Crippen LogP) is 5.68. The highest BCUT2D eigenvalue weighted by molar-refractivity contribution is 7.98. The highest BCUT2D eigenvalue weighted by atomic mass is 35.5. The maximum absolute atomic E-state index is 13.5. The molecule has 0 aliphatic heterocycles. The number of carbonyl (C=O) groups excluding carboxylic acids is 1. The highest BCUT2D eigenvalue weighted by Gasteiger charge is 2.27. The number of hydrogen-bond acceptors (Lipinski definition) is 5. The van der Waals surface area contributed by atoms with Crippen LogP contribution in [0.5, 0.6) is 5.75 Å². The second kappa shape index (κ2) is 13.6. The molecule has 0 bridgehead atoms. The lowest BCUT2D eigenvalue weighted by Gasteiger charge is -2.24. The average molecular weight is 547 g/mol. The van der Waals surface area contributed by atoms with Gasteiger partial charge in [0.2, 0.25) is 5.91 Å². The van der Waals surface area contributed by atoms with E-state index in [0.717, 1.165) is 38.4 Å². The first kappa shape index (κ1) is 27.9. The van der Waals surface area contributed by atoms with Crippen molar-refractivity contribution in [2.75, 3.05) is 29.8 Å². The van der Waals surface area contributed by atoms with E-state index in [1.807, 2.05) is 50.2 Å². The van der Waals surface area contributed by atoms with Gasteiger partial charge in [0.25, 0.3) is 10.0 Å². The van der Waals surface area contributed by atoms with E-state index in [2.05, 4.69) is 5.32 Å². The van der Waals surface area contributed by atoms with Gasteiger partial charge in [-0.1, -0.05) is 47.5 Å². The molecule has 3 rings (SSSR count). The van der Waals surface area contributed by atoms with Crippen LogP contribution in [0.15, 0.2) is 77.7 Å². The third-order valence-electron chi connectivity index (χ3n) is 5.33. The number of amides is 1. The van der Waals surface area contributed by atoms with Crippen LogP contribution in [0.25, 0.3) is 0 Å². The summed E-state index contributed by atoms with van der Waals surface area (Å²) in [5.74, 6) is 1.87. The zero-order valence-electron chi connectivity index (χ0n) is 20.4. The molecular weight excluding hydrogens is 516 g/mol. The molecule has 3 aromatic carbocycles. The second-order valence-electron chi connectivity index (χ2n) is 8.10. The van der Waals surface area contributed by atoms with Gasteiger partial charge in [-0.3, -0.25) is 9.10 Å². The maximum Gasteiger partial charge on any atom is 0.264 e. The van der Waals surface area contributed by atoms with Crippen LogP contribution in [0.3, 0.4) is 0 Å². The van der Waals surface area contributed by atoms with E-state index >= 15 is 0 Å². The van der Waals surface area contributed by atoms with E-state index in [4.69, 9.17) is 16.3 Å². The van der Waals surface area contributed by atoms with Crippen molar-refractivity contribution < 1.29 is 17.9 Å². The van der Waals surface area contributed by atoms with Crippen molar-refractivity contribution in [1.29, 1.82) is 0 Å². The summed E-state index contributed by atoms with van der Waals surface area (Å²) in [6, 6.07) is 21.0. The third kappa shape index (κ3) is 7.91. The third-order valence-corrected chi connectivity index (χ3v) is 8.58. The Morgan fingerprint density at radius 3 is 2.39 bits per heavy atom. The SMILES string of the molecule is CCOc1ccc(S(=O)(=O)N(CC(=O)NCCCSCc2ccccc2Cl)c2ccc(C)cc2)cc1. The molecule has 36 heavy (non-hydrogen) atoms. The van der Waals surface area contributed by atoms with Crippen molar-refractivity contribution in [3.8, 4) is 5.75 Å². The Labute approximate surface area is 223 Å². The Morgan fingerprint density at radius 1 is 1.03 bits per heavy atom. The molecule has 0 atom stereocenters. The first-order chi connectivity index (χ1) is 17.3. The second-order valence-corrected chi connectivity index (χ2v) is 11.5. The van der Waals surface area contributed by atoms with Crippen LogP contribution in [0.4, 0.5) is 5.69 Å². The molecule has 0 unspecified atom stereocenters. The molecule has 0 aliphatic rings. The number of ether oxygens (including phenoxy) is 1. The van der Waals surface area contributed by atoms with Crippen LogP contribution >= 0.6 is 23.4 Å². The number of nitrogens with zero attached hydrogens (tertiary/aromatic N) is 1. The number of carbonyl (C=O) groups is 1. The van der Waals surface area contributed by atoms with Gasteiger partial charge in [-0.15, -0.1) is 0 Å². The van der Waals surface area contributed by atoms with Gasteiger partial charge in [-0.25, -0.2) is 8.42 Å². The number of anilines is 1. The molecule has 1 amide bonds. The van der Waals surface area contributed by atoms with Gasteiger partial charge in [0, 0.05) is 17.3 Å². The molecule has 0 aliphatic carbocycles. The molecule has 0 radical (unpaired) electrons. The molecule has 0 heterocycles. The molecule has 0 saturated carbocycles. The summed E-state index contributed by atoms with van der Waals surface area (Å²) in [7, 11) is -3.97. The standard InChI is InChI=1S/C27H31ClN2O4S2/c1-3-34-24-13-15-25(16-14-24)36(32,33)30(23-11-9-21(2)10-12-23)19-27(31)29-17-6-18-35-20-22-7-4-5-8-26(22)28/h4-5,7-16H,3,6,17-20H2,1-2H3,(H,29,31). The fourth-order valence-corrected chi connectivity index (χ4v) is 6.08. The van der Waals surface area contributed by atoms with Crippen molar-refractivity contribution >= 4 is 45.0 Å². The number of benzene rings is 3. The molecule has 6 nitrogen and oxygen atoms in total. The van der Waals surface area contributed by atoms with Gasteiger partial charge in [0.15, 0.2) is 0 Å². The quantitative estimate of drug-likeness (QED) is 0.279. The van der Waals surface area contributed by atoms with Gasteiger partial charge in [-0.05, 0) is 74.0 Å². The fourth-order valence-electron chi connectivity index (χ4n) is 3.41. The van der Waals surface area contributed by atoms with Crippen LogP contribution in [-0.2, 0) is 20.6 Å². The summed E-state index contributed by atoms with van der Waals surface area (Å²) in [6.45, 7) is 4.41. The lowest BCUT2D eigenvalue weighted by Crippen LogP contribution is -2.41. The van der Waals surface area contributed by atoms with Crippen molar-refractivity contribution in [2.45, 2.75) is 30.9 Å². The Kier molecular flexibility index (Phi) is 10.5. The minimum Gasteiger partial charge on any atom is -0.494 e. The van der Waals surface area contributed by atoms with Crippen LogP contribution in [0, 0.1) is 6.92 Å². The Morgan fingerprint density at radius 2 is 1.72 bits per heavy atom. The van der Waals surface area contributed by atoms with E-state index in [0.29, 0.717) is 24.6 Å². The summed E-state index contributed by atoms with van der Waals surface area (Å²) >= 11 is 7.92. The number of hydrogen-bond donors (Lipinski definition) is 1. The monoisotopic (exact) mass is 546 g/mol. The summed E-state index contributed by atoms with van der Waals surface area (Å²) in [6.07, 6.45) is 0.761. The molecule has 0 saturated heterocycles. The first-order valence-electron chi connectivity index (χ1n) is 11.7. The first-order valence-corrected chi connectivity index (χ1v) is 14.7. The number of aryl methyl sites for hydroxylation is 1. The minimum absolute atomic E-state index is 0.0929. The van der Waals surface area contributed by atoms with Crippen LogP contribution in [0.2, 0.25) is 5.02 Å². The van der Waals surface area contributed by atoms with Crippen molar-refractivity contribution in [2.24, 2.45) is 0 Å². The number of halogens is 1. The Bertz CT molecular complexity index is 1230. The lowest BCUT2D eigenvalue weighted by atomic mass is 10.2. The largest absolute Gasteiger partial charge is 0.494 e. The summed E-state index contributed by atoms with van der Waals surface area (Å²) in [4.78, 5) is 12.8. The van der Waals surface area contributed by atoms with E-state index in [9.17, 15) is 13.2 Å². The van der Waals surface area contributed by atoms with E-state index in [-0.39, 0.29) is 17.3 Å². The number of sulfonamides is 1. The van der Waals surface area contributed by atoms with Gasteiger partial charge in [0.05, 0.1) is 17.2 Å². The van der Waals surface area contributed by atoms with E-state index < -0.39 is 10.0 Å². The number of thioether (sulfide) groups is 1. The predicted molar refractivity (Wildman–Crippen MR) is 149 cm³/mol. The molecule has 1 N–H and O–H groups in total. The van der Waals surface area contributed by atoms with Crippen LogP contribution < -0.4 is 14.4 Å². The van der Waals surface area contributed by atoms with E-state index in [1.54, 1.807) is 36.0 Å². The Balaban J connectivity index is 1.60. The van der Waals surface area contributed by atoms with Gasteiger partial charge >= 0.3 is 0 Å². The molecule has 0 fully saturated rings. The summed E-state index contributed by atoms with van der Waals surface area (Å²) in [5.41, 5.74) is 2.51. The lowest BCUT2D eigenvalue weighted by molar-refractivity contribution is -0.119. The van der Waals surface area contributed by atoms with Crippen molar-refractivity contribution in [3.63, 3.8) is 0 Å². The number of rotatable bonds is 13. The Hall–Kier alpha value is -2.68. The number of nitrogens with one attached hydrogen (secondary N) is 1. The minimum atomic E-state index is -3.97. The molecule has 3 aromatic rings. The highest BCUT2D eigenvalue weighted by Crippen LogP contribution is 2.26. The van der Waals surface area contributed by atoms with Gasteiger partial charge < -0.3 is 10.1 Å². The molecule has 192 valence electrons. The van der Waals surface area contributed by atoms with Crippen LogP contribution in [-0.4, -0.2) is 39.8 Å². The zero-order chi connectivity index (χ0) is 26.0.